The lowest BCUT2D eigenvalue weighted by Gasteiger charge is -2.29. The highest BCUT2D eigenvalue weighted by molar-refractivity contribution is 5.97. The van der Waals surface area contributed by atoms with Crippen LogP contribution in [0, 0.1) is 11.3 Å². The van der Waals surface area contributed by atoms with Crippen LogP contribution < -0.4 is 10.6 Å². The second-order valence-corrected chi connectivity index (χ2v) is 4.24. The van der Waals surface area contributed by atoms with Gasteiger partial charge < -0.3 is 15.7 Å². The Labute approximate surface area is 106 Å². The van der Waals surface area contributed by atoms with E-state index in [9.17, 15) is 4.79 Å². The Kier molecular flexibility index (Phi) is 4.55. The molecule has 1 aromatic rings. The Hall–Kier alpha value is -2.22. The molecule has 0 saturated heterocycles. The SMILES string of the molecule is CC(C)N(CCC#N)c1cccc(C(=O)O)c1N. The van der Waals surface area contributed by atoms with Crippen molar-refractivity contribution >= 4 is 17.3 Å². The molecule has 1 rings (SSSR count). The van der Waals surface area contributed by atoms with Crippen LogP contribution in [0.3, 0.4) is 0 Å². The van der Waals surface area contributed by atoms with Crippen LogP contribution in [0.25, 0.3) is 0 Å². The fraction of sp³-hybridized carbons (Fsp3) is 0.385. The van der Waals surface area contributed by atoms with Crippen LogP contribution in [-0.2, 0) is 0 Å². The minimum Gasteiger partial charge on any atom is -0.478 e. The smallest absolute Gasteiger partial charge is 0.337 e. The predicted octanol–water partition coefficient (Wildman–Crippen LogP) is 2.10. The lowest BCUT2D eigenvalue weighted by molar-refractivity contribution is 0.0698. The van der Waals surface area contributed by atoms with Crippen molar-refractivity contribution in [2.45, 2.75) is 26.3 Å². The zero-order valence-electron chi connectivity index (χ0n) is 10.6. The molecule has 0 aromatic heterocycles. The molecule has 0 aliphatic rings. The first-order chi connectivity index (χ1) is 8.49. The molecule has 0 heterocycles. The Morgan fingerprint density at radius 1 is 1.56 bits per heavy atom. The summed E-state index contributed by atoms with van der Waals surface area (Å²) in [6.45, 7) is 4.48. The lowest BCUT2D eigenvalue weighted by atomic mass is 10.1. The van der Waals surface area contributed by atoms with E-state index >= 15 is 0 Å². The van der Waals surface area contributed by atoms with Gasteiger partial charge in [-0.3, -0.25) is 0 Å². The van der Waals surface area contributed by atoms with Crippen LogP contribution in [0.15, 0.2) is 18.2 Å². The number of benzene rings is 1. The number of anilines is 2. The van der Waals surface area contributed by atoms with Crippen LogP contribution in [0.1, 0.15) is 30.6 Å². The van der Waals surface area contributed by atoms with E-state index in [1.165, 1.54) is 6.07 Å². The fourth-order valence-corrected chi connectivity index (χ4v) is 1.82. The molecule has 96 valence electrons. The van der Waals surface area contributed by atoms with Crippen molar-refractivity contribution in [3.63, 3.8) is 0 Å². The van der Waals surface area contributed by atoms with Crippen molar-refractivity contribution in [2.24, 2.45) is 0 Å². The zero-order chi connectivity index (χ0) is 13.7. The number of carboxylic acid groups (broad SMARTS) is 1. The molecule has 0 saturated carbocycles. The van der Waals surface area contributed by atoms with E-state index < -0.39 is 5.97 Å². The summed E-state index contributed by atoms with van der Waals surface area (Å²) in [6.07, 6.45) is 0.370. The van der Waals surface area contributed by atoms with Gasteiger partial charge in [0.25, 0.3) is 0 Å². The molecule has 0 unspecified atom stereocenters. The van der Waals surface area contributed by atoms with Crippen LogP contribution in [0.2, 0.25) is 0 Å². The molecule has 0 fully saturated rings. The van der Waals surface area contributed by atoms with Gasteiger partial charge in [0.05, 0.1) is 29.4 Å². The molecule has 0 radical (unpaired) electrons. The summed E-state index contributed by atoms with van der Waals surface area (Å²) >= 11 is 0. The molecular weight excluding hydrogens is 230 g/mol. The number of nitriles is 1. The van der Waals surface area contributed by atoms with Crippen molar-refractivity contribution in [1.29, 1.82) is 5.26 Å². The summed E-state index contributed by atoms with van der Waals surface area (Å²) in [5.41, 5.74) is 6.90. The van der Waals surface area contributed by atoms with E-state index in [2.05, 4.69) is 6.07 Å². The molecule has 3 N–H and O–H groups in total. The van der Waals surface area contributed by atoms with Crippen LogP contribution in [-0.4, -0.2) is 23.7 Å². The Morgan fingerprint density at radius 2 is 2.22 bits per heavy atom. The van der Waals surface area contributed by atoms with Gasteiger partial charge in [-0.15, -0.1) is 0 Å². The number of nitrogens with zero attached hydrogens (tertiary/aromatic N) is 2. The maximum atomic E-state index is 11.0. The highest BCUT2D eigenvalue weighted by Crippen LogP contribution is 2.28. The number of carboxylic acids is 1. The Morgan fingerprint density at radius 3 is 2.72 bits per heavy atom. The number of carbonyl (C=O) groups is 1. The molecule has 5 nitrogen and oxygen atoms in total. The number of hydrogen-bond donors (Lipinski definition) is 2. The monoisotopic (exact) mass is 247 g/mol. The van der Waals surface area contributed by atoms with Gasteiger partial charge in [0.2, 0.25) is 0 Å². The second-order valence-electron chi connectivity index (χ2n) is 4.24. The molecule has 0 atom stereocenters. The van der Waals surface area contributed by atoms with Gasteiger partial charge in [0.1, 0.15) is 0 Å². The standard InChI is InChI=1S/C13H17N3O2/c1-9(2)16(8-4-7-14)11-6-3-5-10(12(11)15)13(17)18/h3,5-6,9H,4,8,15H2,1-2H3,(H,17,18). The van der Waals surface area contributed by atoms with Gasteiger partial charge >= 0.3 is 5.97 Å². The largest absolute Gasteiger partial charge is 0.478 e. The second kappa shape index (κ2) is 5.92. The first-order valence-corrected chi connectivity index (χ1v) is 5.74. The average Bonchev–Trinajstić information content (AvgIpc) is 2.30. The van der Waals surface area contributed by atoms with Gasteiger partial charge in [-0.1, -0.05) is 6.07 Å². The van der Waals surface area contributed by atoms with E-state index in [4.69, 9.17) is 16.1 Å². The maximum absolute atomic E-state index is 11.0. The average molecular weight is 247 g/mol. The number of para-hydroxylation sites is 1. The van der Waals surface area contributed by atoms with Gasteiger partial charge in [-0.2, -0.15) is 5.26 Å². The number of hydrogen-bond acceptors (Lipinski definition) is 4. The number of nitrogens with two attached hydrogens (primary N) is 1. The number of rotatable bonds is 5. The third-order valence-electron chi connectivity index (χ3n) is 2.71. The van der Waals surface area contributed by atoms with Crippen molar-refractivity contribution in [3.8, 4) is 6.07 Å². The van der Waals surface area contributed by atoms with E-state index in [1.54, 1.807) is 12.1 Å². The maximum Gasteiger partial charge on any atom is 0.337 e. The Balaban J connectivity index is 3.17. The molecule has 0 aliphatic heterocycles. The molecule has 18 heavy (non-hydrogen) atoms. The summed E-state index contributed by atoms with van der Waals surface area (Å²) in [5, 5.41) is 17.7. The van der Waals surface area contributed by atoms with E-state index in [0.717, 1.165) is 0 Å². The highest BCUT2D eigenvalue weighted by atomic mass is 16.4. The first-order valence-electron chi connectivity index (χ1n) is 5.74. The minimum absolute atomic E-state index is 0.0927. The third kappa shape index (κ3) is 2.92. The van der Waals surface area contributed by atoms with Gasteiger partial charge in [0, 0.05) is 12.6 Å². The van der Waals surface area contributed by atoms with Crippen molar-refractivity contribution in [1.82, 2.24) is 0 Å². The van der Waals surface area contributed by atoms with Crippen molar-refractivity contribution < 1.29 is 9.90 Å². The minimum atomic E-state index is -1.04. The third-order valence-corrected chi connectivity index (χ3v) is 2.71. The molecule has 0 amide bonds. The van der Waals surface area contributed by atoms with Crippen LogP contribution in [0.4, 0.5) is 11.4 Å². The molecule has 1 aromatic carbocycles. The Bertz CT molecular complexity index is 478. The molecule has 0 spiro atoms. The van der Waals surface area contributed by atoms with Gasteiger partial charge in [-0.25, -0.2) is 4.79 Å². The number of aromatic carboxylic acids is 1. The fourth-order valence-electron chi connectivity index (χ4n) is 1.82. The van der Waals surface area contributed by atoms with Crippen molar-refractivity contribution in [3.05, 3.63) is 23.8 Å². The topological polar surface area (TPSA) is 90.3 Å². The summed E-state index contributed by atoms with van der Waals surface area (Å²) in [6, 6.07) is 7.14. The van der Waals surface area contributed by atoms with E-state index in [-0.39, 0.29) is 17.3 Å². The summed E-state index contributed by atoms with van der Waals surface area (Å²) in [5.74, 6) is -1.04. The molecule has 0 bridgehead atoms. The zero-order valence-corrected chi connectivity index (χ0v) is 10.6. The summed E-state index contributed by atoms with van der Waals surface area (Å²) < 4.78 is 0. The molecule has 0 aliphatic carbocycles. The van der Waals surface area contributed by atoms with Crippen LogP contribution >= 0.6 is 0 Å². The van der Waals surface area contributed by atoms with Crippen molar-refractivity contribution in [2.75, 3.05) is 17.2 Å². The summed E-state index contributed by atoms with van der Waals surface area (Å²) in [4.78, 5) is 13.0. The lowest BCUT2D eigenvalue weighted by Crippen LogP contribution is -2.32. The normalized spacial score (nSPS) is 10.1. The predicted molar refractivity (Wildman–Crippen MR) is 70.5 cm³/mol. The highest BCUT2D eigenvalue weighted by Gasteiger charge is 2.17. The molecular formula is C13H17N3O2. The molecule has 5 heteroatoms. The summed E-state index contributed by atoms with van der Waals surface area (Å²) in [7, 11) is 0. The quantitative estimate of drug-likeness (QED) is 0.777. The van der Waals surface area contributed by atoms with Gasteiger partial charge in [0.15, 0.2) is 0 Å². The van der Waals surface area contributed by atoms with Gasteiger partial charge in [-0.05, 0) is 26.0 Å². The number of nitrogen functional groups attached to an aromatic ring is 1. The van der Waals surface area contributed by atoms with Crippen LogP contribution in [0.5, 0.6) is 0 Å². The van der Waals surface area contributed by atoms with E-state index in [1.807, 2.05) is 18.7 Å². The first kappa shape index (κ1) is 13.8. The van der Waals surface area contributed by atoms with E-state index in [0.29, 0.717) is 18.7 Å².